The van der Waals surface area contributed by atoms with Crippen LogP contribution in [0, 0.1) is 5.82 Å². The first-order chi connectivity index (χ1) is 16.9. The monoisotopic (exact) mass is 515 g/mol. The summed E-state index contributed by atoms with van der Waals surface area (Å²) in [6, 6.07) is 11.2. The Hall–Kier alpha value is -2.97. The van der Waals surface area contributed by atoms with Crippen LogP contribution in [0.25, 0.3) is 11.1 Å². The topological polar surface area (TPSA) is 71.5 Å². The van der Waals surface area contributed by atoms with E-state index in [4.69, 9.17) is 16.3 Å². The average molecular weight is 516 g/mol. The zero-order valence-corrected chi connectivity index (χ0v) is 21.0. The summed E-state index contributed by atoms with van der Waals surface area (Å²) in [7, 11) is 0. The minimum Gasteiger partial charge on any atom is -0.449 e. The molecule has 1 N–H and O–H groups in total. The molecule has 2 aromatic carbocycles. The highest BCUT2D eigenvalue weighted by atomic mass is 35.5. The van der Waals surface area contributed by atoms with Crippen molar-refractivity contribution in [2.45, 2.75) is 38.5 Å². The fourth-order valence-corrected chi connectivity index (χ4v) is 5.06. The molecule has 0 bridgehead atoms. The van der Waals surface area contributed by atoms with Crippen LogP contribution in [0.1, 0.15) is 54.0 Å². The number of anilines is 1. The summed E-state index contributed by atoms with van der Waals surface area (Å²) in [4.78, 5) is 31.4. The molecule has 1 fully saturated rings. The number of nitrogens with one attached hydrogen (secondary N) is 1. The maximum atomic E-state index is 14.0. The summed E-state index contributed by atoms with van der Waals surface area (Å²) in [5.41, 5.74) is 2.10. The SMILES string of the molecule is CCCCOC(=O)N1CCC(c2nc(C(=O)Nc3ccc(F)cc3-c3ccc(Cl)cc3)cs2)CC1. The summed E-state index contributed by atoms with van der Waals surface area (Å²) < 4.78 is 19.3. The van der Waals surface area contributed by atoms with Gasteiger partial charge in [-0.2, -0.15) is 0 Å². The van der Waals surface area contributed by atoms with Gasteiger partial charge in [0.05, 0.1) is 11.6 Å². The molecule has 1 saturated heterocycles. The smallest absolute Gasteiger partial charge is 0.409 e. The molecule has 4 rings (SSSR count). The lowest BCUT2D eigenvalue weighted by atomic mass is 9.98. The lowest BCUT2D eigenvalue weighted by Gasteiger charge is -2.30. The van der Waals surface area contributed by atoms with E-state index in [1.165, 1.54) is 23.5 Å². The fraction of sp³-hybridized carbons (Fsp3) is 0.346. The number of thiazole rings is 1. The molecule has 2 heterocycles. The molecule has 0 radical (unpaired) electrons. The summed E-state index contributed by atoms with van der Waals surface area (Å²) in [6.07, 6.45) is 3.14. The van der Waals surface area contributed by atoms with E-state index in [0.29, 0.717) is 41.7 Å². The first-order valence-electron chi connectivity index (χ1n) is 11.7. The molecular formula is C26H27ClFN3O3S. The third-order valence-electron chi connectivity index (χ3n) is 5.97. The summed E-state index contributed by atoms with van der Waals surface area (Å²) >= 11 is 7.42. The van der Waals surface area contributed by atoms with Crippen LogP contribution in [0.15, 0.2) is 47.8 Å². The maximum absolute atomic E-state index is 14.0. The standard InChI is InChI=1S/C26H27ClFN3O3S/c1-2-3-14-34-26(33)31-12-10-18(11-13-31)25-30-23(16-35-25)24(32)29-22-9-8-20(28)15-21(22)17-4-6-19(27)7-5-17/h4-9,15-16,18H,2-3,10-14H2,1H3,(H,29,32). The second-order valence-electron chi connectivity index (χ2n) is 8.45. The van der Waals surface area contributed by atoms with Crippen LogP contribution in [-0.4, -0.2) is 41.6 Å². The number of hydrogen-bond acceptors (Lipinski definition) is 5. The highest BCUT2D eigenvalue weighted by molar-refractivity contribution is 7.10. The number of rotatable bonds is 7. The van der Waals surface area contributed by atoms with Crippen LogP contribution < -0.4 is 5.32 Å². The highest BCUT2D eigenvalue weighted by Crippen LogP contribution is 2.32. The Bertz CT molecular complexity index is 1180. The van der Waals surface area contributed by atoms with E-state index >= 15 is 0 Å². The maximum Gasteiger partial charge on any atom is 0.409 e. The third kappa shape index (κ3) is 6.38. The second kappa shape index (κ2) is 11.6. The van der Waals surface area contributed by atoms with Crippen molar-refractivity contribution in [3.05, 3.63) is 69.4 Å². The van der Waals surface area contributed by atoms with Gasteiger partial charge in [-0.3, -0.25) is 4.79 Å². The number of ether oxygens (including phenoxy) is 1. The zero-order valence-electron chi connectivity index (χ0n) is 19.4. The van der Waals surface area contributed by atoms with E-state index < -0.39 is 5.82 Å². The molecule has 2 amide bonds. The number of aromatic nitrogens is 1. The number of carbonyl (C=O) groups is 2. The van der Waals surface area contributed by atoms with Crippen LogP contribution in [0.2, 0.25) is 5.02 Å². The van der Waals surface area contributed by atoms with E-state index in [1.807, 2.05) is 0 Å². The number of amides is 2. The van der Waals surface area contributed by atoms with Crippen molar-refractivity contribution in [3.63, 3.8) is 0 Å². The van der Waals surface area contributed by atoms with Gasteiger partial charge >= 0.3 is 6.09 Å². The quantitative estimate of drug-likeness (QED) is 0.345. The van der Waals surface area contributed by atoms with E-state index in [2.05, 4.69) is 17.2 Å². The van der Waals surface area contributed by atoms with Gasteiger partial charge < -0.3 is 15.0 Å². The van der Waals surface area contributed by atoms with E-state index in [-0.39, 0.29) is 17.9 Å². The van der Waals surface area contributed by atoms with Gasteiger partial charge in [0.1, 0.15) is 11.5 Å². The van der Waals surface area contributed by atoms with Crippen molar-refractivity contribution >= 4 is 40.6 Å². The predicted octanol–water partition coefficient (Wildman–Crippen LogP) is 6.97. The van der Waals surface area contributed by atoms with Crippen LogP contribution in [-0.2, 0) is 4.74 Å². The summed E-state index contributed by atoms with van der Waals surface area (Å²) in [5, 5.41) is 6.06. The first kappa shape index (κ1) is 25.1. The Balaban J connectivity index is 1.39. The van der Waals surface area contributed by atoms with Crippen molar-refractivity contribution in [2.24, 2.45) is 0 Å². The molecule has 184 valence electrons. The van der Waals surface area contributed by atoms with Gasteiger partial charge in [-0.15, -0.1) is 11.3 Å². The van der Waals surface area contributed by atoms with Gasteiger partial charge in [0.25, 0.3) is 5.91 Å². The molecule has 0 aliphatic carbocycles. The average Bonchev–Trinajstić information content (AvgIpc) is 3.36. The lowest BCUT2D eigenvalue weighted by Crippen LogP contribution is -2.38. The van der Waals surface area contributed by atoms with E-state index in [9.17, 15) is 14.0 Å². The minimum absolute atomic E-state index is 0.191. The van der Waals surface area contributed by atoms with Gasteiger partial charge in [-0.05, 0) is 55.2 Å². The van der Waals surface area contributed by atoms with Gasteiger partial charge in [-0.1, -0.05) is 37.1 Å². The number of unbranched alkanes of at least 4 members (excludes halogenated alkanes) is 1. The van der Waals surface area contributed by atoms with Crippen LogP contribution in [0.5, 0.6) is 0 Å². The molecule has 0 saturated carbocycles. The molecular weight excluding hydrogens is 489 g/mol. The van der Waals surface area contributed by atoms with Gasteiger partial charge in [-0.25, -0.2) is 14.2 Å². The fourth-order valence-electron chi connectivity index (χ4n) is 3.96. The number of nitrogens with zero attached hydrogens (tertiary/aromatic N) is 2. The number of piperidine rings is 1. The van der Waals surface area contributed by atoms with Crippen molar-refractivity contribution in [2.75, 3.05) is 25.0 Å². The Morgan fingerprint density at radius 1 is 1.20 bits per heavy atom. The minimum atomic E-state index is -0.399. The van der Waals surface area contributed by atoms with Crippen molar-refractivity contribution in [1.29, 1.82) is 0 Å². The number of likely N-dealkylation sites (tertiary alicyclic amines) is 1. The number of benzene rings is 2. The Labute approximate surface area is 213 Å². The molecule has 6 nitrogen and oxygen atoms in total. The predicted molar refractivity (Wildman–Crippen MR) is 137 cm³/mol. The molecule has 35 heavy (non-hydrogen) atoms. The number of carbonyl (C=O) groups excluding carboxylic acids is 2. The Morgan fingerprint density at radius 2 is 1.94 bits per heavy atom. The summed E-state index contributed by atoms with van der Waals surface area (Å²) in [6.45, 7) is 3.72. The molecule has 1 aromatic heterocycles. The number of hydrogen-bond donors (Lipinski definition) is 1. The molecule has 0 unspecified atom stereocenters. The highest BCUT2D eigenvalue weighted by Gasteiger charge is 2.27. The largest absolute Gasteiger partial charge is 0.449 e. The Kier molecular flexibility index (Phi) is 8.36. The molecule has 1 aliphatic rings. The van der Waals surface area contributed by atoms with E-state index in [1.54, 1.807) is 40.6 Å². The zero-order chi connectivity index (χ0) is 24.8. The van der Waals surface area contributed by atoms with Gasteiger partial charge in [0, 0.05) is 40.7 Å². The Morgan fingerprint density at radius 3 is 2.66 bits per heavy atom. The van der Waals surface area contributed by atoms with Crippen molar-refractivity contribution in [1.82, 2.24) is 9.88 Å². The summed E-state index contributed by atoms with van der Waals surface area (Å²) in [5.74, 6) is -0.563. The van der Waals surface area contributed by atoms with E-state index in [0.717, 1.165) is 36.3 Å². The molecule has 1 aliphatic heterocycles. The van der Waals surface area contributed by atoms with Gasteiger partial charge in [0.2, 0.25) is 0 Å². The van der Waals surface area contributed by atoms with Crippen LogP contribution >= 0.6 is 22.9 Å². The van der Waals surface area contributed by atoms with Gasteiger partial charge in [0.15, 0.2) is 0 Å². The first-order valence-corrected chi connectivity index (χ1v) is 12.9. The molecule has 0 atom stereocenters. The van der Waals surface area contributed by atoms with Crippen molar-refractivity contribution in [3.8, 4) is 11.1 Å². The lowest BCUT2D eigenvalue weighted by molar-refractivity contribution is 0.0916. The third-order valence-corrected chi connectivity index (χ3v) is 7.22. The van der Waals surface area contributed by atoms with Crippen LogP contribution in [0.3, 0.4) is 0 Å². The van der Waals surface area contributed by atoms with Crippen LogP contribution in [0.4, 0.5) is 14.9 Å². The normalized spacial score (nSPS) is 14.1. The molecule has 9 heteroatoms. The second-order valence-corrected chi connectivity index (χ2v) is 9.78. The number of halogens is 2. The van der Waals surface area contributed by atoms with Crippen molar-refractivity contribution < 1.29 is 18.7 Å². The molecule has 3 aromatic rings. The molecule has 0 spiro atoms.